The van der Waals surface area contributed by atoms with Crippen molar-refractivity contribution in [3.8, 4) is 89.7 Å². The molecule has 8 aromatic carbocycles. The molecule has 2 aromatic heterocycles. The average Bonchev–Trinajstić information content (AvgIpc) is 2.50. The van der Waals surface area contributed by atoms with Crippen molar-refractivity contribution in [3.05, 3.63) is 216 Å². The molecule has 0 fully saturated rings. The quantitative estimate of drug-likeness (QED) is 0.154. The van der Waals surface area contributed by atoms with Gasteiger partial charge in [0, 0.05) is 44.1 Å². The summed E-state index contributed by atoms with van der Waals surface area (Å²) in [4.78, 5) is 10.3. The van der Waals surface area contributed by atoms with Crippen molar-refractivity contribution in [2.24, 2.45) is 0 Å². The van der Waals surface area contributed by atoms with E-state index in [2.05, 4.69) is 157 Å². The fraction of sp³-hybridized carbons (Fsp3) is 0.229. The molecular formula is C70H68N3OPt-. The molecule has 0 radical (unpaired) electrons. The number of nitrogens with zero attached hydrogens (tertiary/aromatic N) is 3. The Bertz CT molecular complexity index is 4080. The van der Waals surface area contributed by atoms with E-state index in [4.69, 9.17) is 10.5 Å². The number of fused-ring (bicyclic) bond motifs is 1. The Labute approximate surface area is 469 Å². The van der Waals surface area contributed by atoms with Gasteiger partial charge in [-0.3, -0.25) is 9.55 Å². The zero-order valence-corrected chi connectivity index (χ0v) is 47.2. The molecule has 0 aliphatic heterocycles. The Balaban J connectivity index is 0.00000810. The molecule has 10 aromatic rings. The molecule has 4 nitrogen and oxygen atoms in total. The van der Waals surface area contributed by atoms with E-state index in [0.29, 0.717) is 33.6 Å². The summed E-state index contributed by atoms with van der Waals surface area (Å²) in [6.07, 6.45) is -0.494. The van der Waals surface area contributed by atoms with Gasteiger partial charge < -0.3 is 5.11 Å². The van der Waals surface area contributed by atoms with Crippen LogP contribution in [0.2, 0.25) is 0 Å². The molecule has 0 atom stereocenters. The predicted molar refractivity (Wildman–Crippen MR) is 312 cm³/mol. The van der Waals surface area contributed by atoms with Gasteiger partial charge in [-0.25, -0.2) is 4.98 Å². The van der Waals surface area contributed by atoms with Gasteiger partial charge in [-0.05, 0) is 102 Å². The van der Waals surface area contributed by atoms with Gasteiger partial charge in [0.25, 0.3) is 0 Å². The summed E-state index contributed by atoms with van der Waals surface area (Å²) >= 11 is 0. The minimum atomic E-state index is -0.739. The molecule has 5 heteroatoms. The van der Waals surface area contributed by atoms with E-state index in [-0.39, 0.29) is 78.2 Å². The van der Waals surface area contributed by atoms with E-state index in [1.807, 2.05) is 87.5 Å². The standard InChI is InChI=1S/C70H68N3O.Pt/c1-67(2,3)53-33-31-46(32-34-53)49-35-36-71-61(40-49)52-38-50(45-23-16-13-17-24-45)37-51(39-52)55-29-22-30-62-64(55)72-66(58-41-54(68(4,5)6)42-60(65(58)74)70(10,11)12)73(62)63-44-56(47-25-18-14-19-26-47)59(69(7,8)9)43-57(63)48-27-20-15-21-28-48;/h13-38,40-44,74H,1-12H3;/q-1;/i31D,32D,33D,34D,35D,36D,40D;. The van der Waals surface area contributed by atoms with E-state index in [1.54, 1.807) is 0 Å². The molecule has 10 rings (SSSR count). The molecule has 0 aliphatic rings. The molecule has 0 unspecified atom stereocenters. The molecule has 0 saturated carbocycles. The van der Waals surface area contributed by atoms with Crippen LogP contribution in [0.4, 0.5) is 0 Å². The van der Waals surface area contributed by atoms with Crippen LogP contribution in [-0.2, 0) is 42.7 Å². The number of phenolic OH excluding ortho intramolecular Hbond substituents is 1. The largest absolute Gasteiger partial charge is 0.507 e. The Morgan fingerprint density at radius 3 is 1.63 bits per heavy atom. The van der Waals surface area contributed by atoms with Crippen LogP contribution in [-0.4, -0.2) is 19.6 Å². The predicted octanol–water partition coefficient (Wildman–Crippen LogP) is 18.8. The van der Waals surface area contributed by atoms with Crippen LogP contribution in [0.3, 0.4) is 0 Å². The second-order valence-corrected chi connectivity index (χ2v) is 23.5. The third-order valence-electron chi connectivity index (χ3n) is 13.8. The number of benzene rings is 8. The first-order chi connectivity index (χ1) is 38.1. The minimum absolute atomic E-state index is 0. The summed E-state index contributed by atoms with van der Waals surface area (Å²) in [5.41, 5.74) is 11.0. The summed E-state index contributed by atoms with van der Waals surface area (Å²) in [7, 11) is 0. The first-order valence-electron chi connectivity index (χ1n) is 29.0. The van der Waals surface area contributed by atoms with E-state index in [1.165, 1.54) is 0 Å². The summed E-state index contributed by atoms with van der Waals surface area (Å²) in [6, 6.07) is 50.7. The number of hydrogen-bond donors (Lipinski definition) is 1. The van der Waals surface area contributed by atoms with E-state index in [9.17, 15) is 9.22 Å². The van der Waals surface area contributed by atoms with Crippen LogP contribution in [0.25, 0.3) is 95.0 Å². The molecule has 0 amide bonds. The molecule has 380 valence electrons. The molecule has 1 N–H and O–H groups in total. The summed E-state index contributed by atoms with van der Waals surface area (Å²) in [5.74, 6) is 0.654. The molecule has 0 aliphatic carbocycles. The number of rotatable bonds is 8. The third kappa shape index (κ3) is 10.6. The summed E-state index contributed by atoms with van der Waals surface area (Å²) < 4.78 is 66.8. The van der Waals surface area contributed by atoms with Crippen LogP contribution < -0.4 is 0 Å². The fourth-order valence-electron chi connectivity index (χ4n) is 9.67. The molecule has 2 heterocycles. The number of pyridine rings is 1. The number of para-hydroxylation sites is 1. The molecule has 0 saturated heterocycles. The number of phenols is 1. The number of imidazole rings is 1. The Morgan fingerprint density at radius 2 is 1.04 bits per heavy atom. The Morgan fingerprint density at radius 1 is 0.467 bits per heavy atom. The summed E-state index contributed by atoms with van der Waals surface area (Å²) in [6.45, 7) is 25.0. The smallest absolute Gasteiger partial charge is 0.148 e. The number of aromatic nitrogens is 3. The van der Waals surface area contributed by atoms with Crippen LogP contribution in [0.15, 0.2) is 188 Å². The van der Waals surface area contributed by atoms with Gasteiger partial charge in [0.1, 0.15) is 11.6 Å². The van der Waals surface area contributed by atoms with E-state index >= 15 is 0 Å². The Hall–Kier alpha value is -7.13. The minimum Gasteiger partial charge on any atom is -0.507 e. The first-order valence-corrected chi connectivity index (χ1v) is 25.5. The monoisotopic (exact) mass is 1170 g/mol. The van der Waals surface area contributed by atoms with Crippen LogP contribution >= 0.6 is 0 Å². The van der Waals surface area contributed by atoms with Crippen LogP contribution in [0, 0.1) is 6.07 Å². The topological polar surface area (TPSA) is 50.9 Å². The van der Waals surface area contributed by atoms with Crippen molar-refractivity contribution in [3.63, 3.8) is 0 Å². The summed E-state index contributed by atoms with van der Waals surface area (Å²) in [5, 5.41) is 12.9. The van der Waals surface area contributed by atoms with Crippen LogP contribution in [0.1, 0.15) is 115 Å². The van der Waals surface area contributed by atoms with Gasteiger partial charge in [-0.1, -0.05) is 239 Å². The maximum atomic E-state index is 12.9. The second-order valence-electron chi connectivity index (χ2n) is 23.5. The molecule has 0 bridgehead atoms. The van der Waals surface area contributed by atoms with Gasteiger partial charge in [-0.2, -0.15) is 0 Å². The maximum absolute atomic E-state index is 12.9. The maximum Gasteiger partial charge on any atom is 0.148 e. The SMILES string of the molecule is [2H]c1nc(-c2[c-]c(-c3cccc4c3nc(-c3cc(C(C)(C)C)cc(C(C)(C)C)c3O)n4-c3cc(-c4ccccc4)c(C(C)(C)C)cc3-c3ccccc3)cc(-c3ccccc3)c2)c([2H])c(-c2c([2H])c([2H])c(C(C)(C)C)c([2H])c2[2H])c1[2H].[Pt]. The van der Waals surface area contributed by atoms with Crippen molar-refractivity contribution >= 4 is 11.0 Å². The third-order valence-corrected chi connectivity index (χ3v) is 13.8. The number of hydrogen-bond acceptors (Lipinski definition) is 3. The van der Waals surface area contributed by atoms with Crippen molar-refractivity contribution in [2.75, 3.05) is 0 Å². The Kier molecular flexibility index (Phi) is 11.9. The number of aromatic hydroxyl groups is 1. The van der Waals surface area contributed by atoms with Crippen molar-refractivity contribution in [2.45, 2.75) is 105 Å². The van der Waals surface area contributed by atoms with Crippen molar-refractivity contribution < 1.29 is 35.8 Å². The zero-order chi connectivity index (χ0) is 58.4. The zero-order valence-electron chi connectivity index (χ0n) is 52.0. The van der Waals surface area contributed by atoms with Gasteiger partial charge in [0.15, 0.2) is 0 Å². The van der Waals surface area contributed by atoms with Crippen LogP contribution in [0.5, 0.6) is 5.75 Å². The van der Waals surface area contributed by atoms with Crippen molar-refractivity contribution in [1.29, 1.82) is 0 Å². The second kappa shape index (κ2) is 20.2. The molecular weight excluding hydrogens is 1090 g/mol. The van der Waals surface area contributed by atoms with E-state index < -0.39 is 35.1 Å². The van der Waals surface area contributed by atoms with E-state index in [0.717, 1.165) is 61.3 Å². The van der Waals surface area contributed by atoms with Gasteiger partial charge in [-0.15, -0.1) is 23.8 Å². The van der Waals surface area contributed by atoms with Gasteiger partial charge >= 0.3 is 0 Å². The molecule has 0 spiro atoms. The van der Waals surface area contributed by atoms with Gasteiger partial charge in [0.05, 0.1) is 31.9 Å². The van der Waals surface area contributed by atoms with Crippen molar-refractivity contribution in [1.82, 2.24) is 14.5 Å². The fourth-order valence-corrected chi connectivity index (χ4v) is 9.67. The average molecular weight is 1170 g/mol. The van der Waals surface area contributed by atoms with Gasteiger partial charge in [0.2, 0.25) is 0 Å². The first kappa shape index (κ1) is 44.2. The molecule has 75 heavy (non-hydrogen) atoms. The normalized spacial score (nSPS) is 13.5.